The van der Waals surface area contributed by atoms with Gasteiger partial charge in [0.05, 0.1) is 22.5 Å². The van der Waals surface area contributed by atoms with E-state index in [4.69, 9.17) is 11.6 Å². The number of aliphatic hydroxyl groups is 1. The van der Waals surface area contributed by atoms with Crippen molar-refractivity contribution in [3.05, 3.63) is 16.4 Å². The van der Waals surface area contributed by atoms with Gasteiger partial charge < -0.3 is 10.0 Å². The molecule has 2 atom stereocenters. The molecule has 1 saturated heterocycles. The number of carbonyl (C=O) groups is 1. The Morgan fingerprint density at radius 2 is 2.21 bits per heavy atom. The van der Waals surface area contributed by atoms with Crippen molar-refractivity contribution < 1.29 is 9.90 Å². The maximum atomic E-state index is 12.2. The molecule has 2 unspecified atom stereocenters. The number of hydrogen-bond donors (Lipinski definition) is 1. The van der Waals surface area contributed by atoms with E-state index in [1.807, 2.05) is 20.8 Å². The smallest absolute Gasteiger partial charge is 0.244 e. The summed E-state index contributed by atoms with van der Waals surface area (Å²) in [5.41, 5.74) is 1.54. The molecule has 0 aromatic carbocycles. The fraction of sp³-hybridized carbons (Fsp3) is 0.692. The molecule has 1 aliphatic rings. The average Bonchev–Trinajstić information content (AvgIpc) is 2.60. The molecule has 5 nitrogen and oxygen atoms in total. The topological polar surface area (TPSA) is 58.4 Å². The zero-order chi connectivity index (χ0) is 14.2. The third kappa shape index (κ3) is 2.92. The number of piperidine rings is 1. The van der Waals surface area contributed by atoms with Gasteiger partial charge >= 0.3 is 0 Å². The lowest BCUT2D eigenvalue weighted by Gasteiger charge is -2.34. The molecule has 1 aromatic heterocycles. The normalized spacial score (nSPS) is 23.7. The van der Waals surface area contributed by atoms with Crippen LogP contribution in [0.1, 0.15) is 24.7 Å². The van der Waals surface area contributed by atoms with Gasteiger partial charge in [-0.25, -0.2) is 0 Å². The van der Waals surface area contributed by atoms with Crippen LogP contribution >= 0.6 is 11.6 Å². The van der Waals surface area contributed by atoms with Gasteiger partial charge in [0.15, 0.2) is 0 Å². The van der Waals surface area contributed by atoms with Crippen LogP contribution in [-0.2, 0) is 11.3 Å². The van der Waals surface area contributed by atoms with Gasteiger partial charge in [-0.05, 0) is 26.2 Å². The van der Waals surface area contributed by atoms with Crippen LogP contribution in [0, 0.1) is 19.8 Å². The monoisotopic (exact) mass is 285 g/mol. The number of β-amino-alcohol motifs (C(OH)–C–C–N with tert-alkyl or cyclic N) is 1. The highest BCUT2D eigenvalue weighted by Gasteiger charge is 2.27. The van der Waals surface area contributed by atoms with Crippen molar-refractivity contribution in [2.75, 3.05) is 13.1 Å². The van der Waals surface area contributed by atoms with E-state index in [-0.39, 0.29) is 18.4 Å². The van der Waals surface area contributed by atoms with Crippen LogP contribution in [0.5, 0.6) is 0 Å². The summed E-state index contributed by atoms with van der Waals surface area (Å²) in [6.45, 7) is 6.97. The summed E-state index contributed by atoms with van der Waals surface area (Å²) in [4.78, 5) is 13.9. The van der Waals surface area contributed by atoms with Crippen LogP contribution in [0.25, 0.3) is 0 Å². The van der Waals surface area contributed by atoms with Crippen molar-refractivity contribution in [3.8, 4) is 0 Å². The molecule has 1 fully saturated rings. The highest BCUT2D eigenvalue weighted by molar-refractivity contribution is 6.31. The fourth-order valence-corrected chi connectivity index (χ4v) is 2.47. The standard InChI is InChI=1S/C13H20ClN3O2/c1-8-4-5-16(6-11(8)18)12(19)7-17-10(3)13(14)9(2)15-17/h8,11,18H,4-7H2,1-3H3. The molecular weight excluding hydrogens is 266 g/mol. The Hall–Kier alpha value is -1.07. The van der Waals surface area contributed by atoms with Crippen molar-refractivity contribution in [1.29, 1.82) is 0 Å². The van der Waals surface area contributed by atoms with Gasteiger partial charge in [0.2, 0.25) is 5.91 Å². The zero-order valence-electron chi connectivity index (χ0n) is 11.6. The number of hydrogen-bond acceptors (Lipinski definition) is 3. The molecule has 1 N–H and O–H groups in total. The molecule has 106 valence electrons. The van der Waals surface area contributed by atoms with Gasteiger partial charge in [-0.2, -0.15) is 5.10 Å². The first kappa shape index (κ1) is 14.3. The number of likely N-dealkylation sites (tertiary alicyclic amines) is 1. The summed E-state index contributed by atoms with van der Waals surface area (Å²) >= 11 is 6.06. The number of aryl methyl sites for hydroxylation is 1. The Morgan fingerprint density at radius 1 is 1.53 bits per heavy atom. The Kier molecular flexibility index (Phi) is 4.16. The van der Waals surface area contributed by atoms with E-state index in [0.717, 1.165) is 17.8 Å². The Bertz CT molecular complexity index is 486. The largest absolute Gasteiger partial charge is 0.391 e. The van der Waals surface area contributed by atoms with Gasteiger partial charge in [0, 0.05) is 13.1 Å². The van der Waals surface area contributed by atoms with Crippen molar-refractivity contribution in [1.82, 2.24) is 14.7 Å². The molecule has 1 aromatic rings. The van der Waals surface area contributed by atoms with Crippen LogP contribution in [0.3, 0.4) is 0 Å². The van der Waals surface area contributed by atoms with Crippen LogP contribution in [0.2, 0.25) is 5.02 Å². The Balaban J connectivity index is 2.03. The summed E-state index contributed by atoms with van der Waals surface area (Å²) in [5, 5.41) is 14.7. The number of nitrogens with zero attached hydrogens (tertiary/aromatic N) is 3. The molecule has 0 spiro atoms. The molecule has 0 bridgehead atoms. The minimum absolute atomic E-state index is 0.0202. The number of carbonyl (C=O) groups excluding carboxylic acids is 1. The summed E-state index contributed by atoms with van der Waals surface area (Å²) in [5.74, 6) is 0.236. The van der Waals surface area contributed by atoms with Crippen molar-refractivity contribution >= 4 is 17.5 Å². The summed E-state index contributed by atoms with van der Waals surface area (Å²) in [6.07, 6.45) is 0.409. The third-order valence-electron chi connectivity index (χ3n) is 3.85. The lowest BCUT2D eigenvalue weighted by atomic mass is 9.96. The van der Waals surface area contributed by atoms with Crippen molar-refractivity contribution in [2.24, 2.45) is 5.92 Å². The van der Waals surface area contributed by atoms with Crippen molar-refractivity contribution in [2.45, 2.75) is 39.8 Å². The zero-order valence-corrected chi connectivity index (χ0v) is 12.3. The molecule has 1 aliphatic heterocycles. The van der Waals surface area contributed by atoms with Crippen LogP contribution in [0.4, 0.5) is 0 Å². The SMILES string of the molecule is Cc1nn(CC(=O)N2CCC(C)C(O)C2)c(C)c1Cl. The number of rotatable bonds is 2. The molecule has 1 amide bonds. The first-order valence-electron chi connectivity index (χ1n) is 6.55. The van der Waals surface area contributed by atoms with E-state index in [1.165, 1.54) is 0 Å². The minimum Gasteiger partial charge on any atom is -0.391 e. The van der Waals surface area contributed by atoms with Gasteiger partial charge in [0.1, 0.15) is 6.54 Å². The maximum absolute atomic E-state index is 12.2. The molecule has 0 aliphatic carbocycles. The molecule has 0 radical (unpaired) electrons. The second-order valence-electron chi connectivity index (χ2n) is 5.32. The van der Waals surface area contributed by atoms with Crippen LogP contribution in [0.15, 0.2) is 0 Å². The van der Waals surface area contributed by atoms with Crippen LogP contribution < -0.4 is 0 Å². The van der Waals surface area contributed by atoms with Gasteiger partial charge in [0.25, 0.3) is 0 Å². The van der Waals surface area contributed by atoms with E-state index in [0.29, 0.717) is 18.1 Å². The highest BCUT2D eigenvalue weighted by Crippen LogP contribution is 2.20. The fourth-order valence-electron chi connectivity index (χ4n) is 2.33. The number of halogens is 1. The van der Waals surface area contributed by atoms with E-state index in [9.17, 15) is 9.90 Å². The first-order chi connectivity index (χ1) is 8.90. The van der Waals surface area contributed by atoms with Gasteiger partial charge in [-0.1, -0.05) is 18.5 Å². The maximum Gasteiger partial charge on any atom is 0.244 e. The second-order valence-corrected chi connectivity index (χ2v) is 5.69. The second kappa shape index (κ2) is 5.51. The molecule has 2 rings (SSSR count). The number of aromatic nitrogens is 2. The number of aliphatic hydroxyl groups excluding tert-OH is 1. The number of amides is 1. The van der Waals surface area contributed by atoms with E-state index in [1.54, 1.807) is 9.58 Å². The quantitative estimate of drug-likeness (QED) is 0.893. The first-order valence-corrected chi connectivity index (χ1v) is 6.93. The molecule has 0 saturated carbocycles. The van der Waals surface area contributed by atoms with E-state index < -0.39 is 6.10 Å². The van der Waals surface area contributed by atoms with Crippen molar-refractivity contribution in [3.63, 3.8) is 0 Å². The van der Waals surface area contributed by atoms with E-state index in [2.05, 4.69) is 5.10 Å². The molecular formula is C13H20ClN3O2. The Morgan fingerprint density at radius 3 is 2.74 bits per heavy atom. The predicted octanol–water partition coefficient (Wildman–Crippen LogP) is 1.38. The van der Waals surface area contributed by atoms with E-state index >= 15 is 0 Å². The lowest BCUT2D eigenvalue weighted by Crippen LogP contribution is -2.47. The highest BCUT2D eigenvalue weighted by atomic mass is 35.5. The predicted molar refractivity (Wildman–Crippen MR) is 73.1 cm³/mol. The van der Waals surface area contributed by atoms with Gasteiger partial charge in [-0.3, -0.25) is 9.48 Å². The Labute approximate surface area is 118 Å². The minimum atomic E-state index is -0.429. The molecule has 6 heteroatoms. The summed E-state index contributed by atoms with van der Waals surface area (Å²) in [6, 6.07) is 0. The molecule has 2 heterocycles. The van der Waals surface area contributed by atoms with Gasteiger partial charge in [-0.15, -0.1) is 0 Å². The van der Waals surface area contributed by atoms with Crippen LogP contribution in [-0.4, -0.2) is 44.9 Å². The lowest BCUT2D eigenvalue weighted by molar-refractivity contribution is -0.136. The molecule has 19 heavy (non-hydrogen) atoms. The summed E-state index contributed by atoms with van der Waals surface area (Å²) < 4.78 is 1.63. The third-order valence-corrected chi connectivity index (χ3v) is 4.40. The average molecular weight is 286 g/mol. The summed E-state index contributed by atoms with van der Waals surface area (Å²) in [7, 11) is 0.